The van der Waals surface area contributed by atoms with Crippen LogP contribution in [0.3, 0.4) is 0 Å². The molecule has 0 aliphatic heterocycles. The van der Waals surface area contributed by atoms with Crippen LogP contribution in [0.25, 0.3) is 0 Å². The number of rotatable bonds is 7. The Hall–Kier alpha value is -0.0400. The van der Waals surface area contributed by atoms with Crippen LogP contribution in [-0.4, -0.2) is 6.54 Å². The molecule has 1 heteroatoms. The highest BCUT2D eigenvalue weighted by Crippen LogP contribution is 2.57. The van der Waals surface area contributed by atoms with E-state index in [1.54, 1.807) is 0 Å². The van der Waals surface area contributed by atoms with Gasteiger partial charge in [-0.3, -0.25) is 0 Å². The molecule has 2 aliphatic rings. The van der Waals surface area contributed by atoms with Crippen LogP contribution in [0.1, 0.15) is 124 Å². The maximum Gasteiger partial charge on any atom is -0.00773 e. The smallest absolute Gasteiger partial charge is 0.00773 e. The van der Waals surface area contributed by atoms with Gasteiger partial charge in [0.1, 0.15) is 0 Å². The molecule has 1 nitrogen and oxygen atoms in total. The predicted octanol–water partition coefficient (Wildman–Crippen LogP) is 7.72. The highest BCUT2D eigenvalue weighted by Gasteiger charge is 2.48. The summed E-state index contributed by atoms with van der Waals surface area (Å²) in [4.78, 5) is 0. The SMILES string of the molecule is CCCC1(C)C(CCCCN)CCC1C1CCCCCCCC(C)(C)C1. The van der Waals surface area contributed by atoms with Gasteiger partial charge in [-0.25, -0.2) is 0 Å². The van der Waals surface area contributed by atoms with Gasteiger partial charge in [0.25, 0.3) is 0 Å². The minimum Gasteiger partial charge on any atom is -0.330 e. The maximum atomic E-state index is 5.77. The van der Waals surface area contributed by atoms with E-state index < -0.39 is 0 Å². The van der Waals surface area contributed by atoms with Gasteiger partial charge < -0.3 is 5.73 Å². The molecule has 2 saturated carbocycles. The molecule has 0 heterocycles. The van der Waals surface area contributed by atoms with E-state index in [4.69, 9.17) is 5.73 Å². The lowest BCUT2D eigenvalue weighted by atomic mass is 9.61. The summed E-state index contributed by atoms with van der Waals surface area (Å²) in [5.41, 5.74) is 6.91. The van der Waals surface area contributed by atoms with Crippen LogP contribution in [0.4, 0.5) is 0 Å². The standard InChI is InChI=1S/C25H49N/c1-5-17-25(4)22(14-10-12-19-26)15-16-23(25)21-13-9-7-6-8-11-18-24(2,3)20-21/h21-23H,5-20,26H2,1-4H3. The lowest BCUT2D eigenvalue weighted by Crippen LogP contribution is -2.35. The molecule has 0 aromatic carbocycles. The van der Waals surface area contributed by atoms with Crippen LogP contribution < -0.4 is 5.73 Å². The van der Waals surface area contributed by atoms with Crippen molar-refractivity contribution >= 4 is 0 Å². The van der Waals surface area contributed by atoms with E-state index in [2.05, 4.69) is 27.7 Å². The fourth-order valence-corrected chi connectivity index (χ4v) is 6.85. The summed E-state index contributed by atoms with van der Waals surface area (Å²) in [7, 11) is 0. The summed E-state index contributed by atoms with van der Waals surface area (Å²) < 4.78 is 0. The Kier molecular flexibility index (Phi) is 8.98. The molecule has 2 N–H and O–H groups in total. The molecule has 154 valence electrons. The third-order valence-corrected chi connectivity index (χ3v) is 8.21. The zero-order valence-electron chi connectivity index (χ0n) is 18.6. The first-order valence-corrected chi connectivity index (χ1v) is 12.1. The van der Waals surface area contributed by atoms with E-state index in [1.807, 2.05) is 0 Å². The minimum atomic E-state index is 0.548. The highest BCUT2D eigenvalue weighted by atomic mass is 14.5. The van der Waals surface area contributed by atoms with Crippen molar-refractivity contribution in [2.75, 3.05) is 6.54 Å². The molecule has 0 aromatic heterocycles. The first-order chi connectivity index (χ1) is 12.4. The molecule has 0 spiro atoms. The lowest BCUT2D eigenvalue weighted by molar-refractivity contribution is 0.0583. The van der Waals surface area contributed by atoms with Crippen molar-refractivity contribution in [2.45, 2.75) is 124 Å². The second kappa shape index (κ2) is 10.5. The molecular formula is C25H49N. The third-order valence-electron chi connectivity index (χ3n) is 8.21. The highest BCUT2D eigenvalue weighted by molar-refractivity contribution is 4.98. The second-order valence-corrected chi connectivity index (χ2v) is 10.9. The van der Waals surface area contributed by atoms with Gasteiger partial charge >= 0.3 is 0 Å². The van der Waals surface area contributed by atoms with Crippen LogP contribution in [-0.2, 0) is 0 Å². The molecule has 4 unspecified atom stereocenters. The van der Waals surface area contributed by atoms with Gasteiger partial charge in [0.05, 0.1) is 0 Å². The molecule has 0 bridgehead atoms. The zero-order chi connectivity index (χ0) is 19.0. The van der Waals surface area contributed by atoms with Gasteiger partial charge in [-0.15, -0.1) is 0 Å². The Balaban J connectivity index is 2.12. The predicted molar refractivity (Wildman–Crippen MR) is 116 cm³/mol. The topological polar surface area (TPSA) is 26.0 Å². The zero-order valence-corrected chi connectivity index (χ0v) is 18.6. The molecule has 0 amide bonds. The maximum absolute atomic E-state index is 5.77. The quantitative estimate of drug-likeness (QED) is 0.460. The summed E-state index contributed by atoms with van der Waals surface area (Å²) in [5.74, 6) is 2.90. The molecule has 0 aromatic rings. The minimum absolute atomic E-state index is 0.548. The van der Waals surface area contributed by atoms with Gasteiger partial charge in [0.2, 0.25) is 0 Å². The molecule has 26 heavy (non-hydrogen) atoms. The van der Waals surface area contributed by atoms with Crippen LogP contribution >= 0.6 is 0 Å². The average Bonchev–Trinajstić information content (AvgIpc) is 2.90. The summed E-state index contributed by atoms with van der Waals surface area (Å²) in [5, 5.41) is 0. The number of unbranched alkanes of at least 4 members (excludes halogenated alkanes) is 1. The molecule has 0 saturated heterocycles. The van der Waals surface area contributed by atoms with E-state index in [0.717, 1.165) is 24.3 Å². The van der Waals surface area contributed by atoms with E-state index in [0.29, 0.717) is 10.8 Å². The first-order valence-electron chi connectivity index (χ1n) is 12.1. The fraction of sp³-hybridized carbons (Fsp3) is 1.00. The van der Waals surface area contributed by atoms with Gasteiger partial charge in [-0.1, -0.05) is 79.1 Å². The molecule has 4 atom stereocenters. The second-order valence-electron chi connectivity index (χ2n) is 10.9. The Labute approximate surface area is 165 Å². The molecule has 2 fully saturated rings. The van der Waals surface area contributed by atoms with Crippen molar-refractivity contribution in [3.63, 3.8) is 0 Å². The Bertz CT molecular complexity index is 388. The first kappa shape index (κ1) is 22.3. The van der Waals surface area contributed by atoms with E-state index in [9.17, 15) is 0 Å². The Morgan fingerprint density at radius 2 is 1.62 bits per heavy atom. The van der Waals surface area contributed by atoms with Crippen molar-refractivity contribution in [1.82, 2.24) is 0 Å². The van der Waals surface area contributed by atoms with Crippen molar-refractivity contribution in [2.24, 2.45) is 34.3 Å². The monoisotopic (exact) mass is 363 g/mol. The molecular weight excluding hydrogens is 314 g/mol. The van der Waals surface area contributed by atoms with Crippen molar-refractivity contribution in [3.05, 3.63) is 0 Å². The van der Waals surface area contributed by atoms with Crippen LogP contribution in [0.15, 0.2) is 0 Å². The van der Waals surface area contributed by atoms with Crippen LogP contribution in [0.5, 0.6) is 0 Å². The van der Waals surface area contributed by atoms with Crippen molar-refractivity contribution in [3.8, 4) is 0 Å². The summed E-state index contributed by atoms with van der Waals surface area (Å²) in [6.07, 6.45) is 21.6. The fourth-order valence-electron chi connectivity index (χ4n) is 6.85. The summed E-state index contributed by atoms with van der Waals surface area (Å²) in [6, 6.07) is 0. The summed E-state index contributed by atoms with van der Waals surface area (Å²) >= 11 is 0. The number of hydrogen-bond acceptors (Lipinski definition) is 1. The average molecular weight is 364 g/mol. The summed E-state index contributed by atoms with van der Waals surface area (Å²) in [6.45, 7) is 11.1. The van der Waals surface area contributed by atoms with Crippen LogP contribution in [0.2, 0.25) is 0 Å². The lowest BCUT2D eigenvalue weighted by Gasteiger charge is -2.44. The Morgan fingerprint density at radius 1 is 0.885 bits per heavy atom. The number of nitrogens with two attached hydrogens (primary N) is 1. The van der Waals surface area contributed by atoms with Gasteiger partial charge in [-0.2, -0.15) is 0 Å². The molecule has 0 radical (unpaired) electrons. The van der Waals surface area contributed by atoms with Gasteiger partial charge in [-0.05, 0) is 80.1 Å². The van der Waals surface area contributed by atoms with E-state index in [1.165, 1.54) is 96.3 Å². The van der Waals surface area contributed by atoms with Gasteiger partial charge in [0.15, 0.2) is 0 Å². The van der Waals surface area contributed by atoms with Gasteiger partial charge in [0, 0.05) is 0 Å². The Morgan fingerprint density at radius 3 is 2.35 bits per heavy atom. The largest absolute Gasteiger partial charge is 0.330 e. The van der Waals surface area contributed by atoms with Crippen molar-refractivity contribution < 1.29 is 0 Å². The normalized spacial score (nSPS) is 36.1. The van der Waals surface area contributed by atoms with E-state index in [-0.39, 0.29) is 0 Å². The third kappa shape index (κ3) is 5.98. The molecule has 2 aliphatic carbocycles. The molecule has 2 rings (SSSR count). The van der Waals surface area contributed by atoms with Crippen molar-refractivity contribution in [1.29, 1.82) is 0 Å². The number of hydrogen-bond donors (Lipinski definition) is 1. The van der Waals surface area contributed by atoms with Crippen LogP contribution in [0, 0.1) is 28.6 Å². The van der Waals surface area contributed by atoms with E-state index >= 15 is 0 Å².